The number of hydrogen-bond acceptors (Lipinski definition) is 1. The molecule has 0 unspecified atom stereocenters. The molecular formula is C6H10FN. The van der Waals surface area contributed by atoms with E-state index in [1.54, 1.807) is 19.2 Å². The molecule has 0 aromatic heterocycles. The quantitative estimate of drug-likeness (QED) is 0.488. The van der Waals surface area contributed by atoms with E-state index in [0.717, 1.165) is 0 Å². The Hall–Kier alpha value is -0.660. The Balaban J connectivity index is 3.57. The lowest BCUT2D eigenvalue weighted by Crippen LogP contribution is -1.89. The van der Waals surface area contributed by atoms with Crippen LogP contribution < -0.4 is 0 Å². The van der Waals surface area contributed by atoms with Crippen molar-refractivity contribution in [1.29, 1.82) is 0 Å². The van der Waals surface area contributed by atoms with Crippen molar-refractivity contribution in [3.05, 3.63) is 12.3 Å². The molecule has 0 rings (SSSR count). The van der Waals surface area contributed by atoms with Gasteiger partial charge in [0.15, 0.2) is 0 Å². The maximum absolute atomic E-state index is 11.5. The van der Waals surface area contributed by atoms with Gasteiger partial charge >= 0.3 is 0 Å². The molecular weight excluding hydrogens is 105 g/mol. The van der Waals surface area contributed by atoms with Gasteiger partial charge in [0.25, 0.3) is 0 Å². The van der Waals surface area contributed by atoms with Gasteiger partial charge in [0.05, 0.1) is 0 Å². The number of hydrogen-bond donors (Lipinski definition) is 0. The highest BCUT2D eigenvalue weighted by atomic mass is 19.1. The molecule has 0 saturated heterocycles. The van der Waals surface area contributed by atoms with E-state index in [9.17, 15) is 4.39 Å². The van der Waals surface area contributed by atoms with Crippen molar-refractivity contribution in [2.45, 2.75) is 13.8 Å². The zero-order valence-electron chi connectivity index (χ0n) is 5.19. The van der Waals surface area contributed by atoms with Crippen molar-refractivity contribution in [3.63, 3.8) is 0 Å². The molecule has 0 bridgehead atoms. The molecule has 0 aliphatic heterocycles. The van der Waals surface area contributed by atoms with Crippen molar-refractivity contribution in [2.24, 2.45) is 4.99 Å². The summed E-state index contributed by atoms with van der Waals surface area (Å²) in [7, 11) is 0. The Morgan fingerprint density at radius 3 is 2.75 bits per heavy atom. The Bertz CT molecular complexity index is 105. The van der Waals surface area contributed by atoms with Crippen LogP contribution in [0.25, 0.3) is 0 Å². The van der Waals surface area contributed by atoms with E-state index < -0.39 is 6.67 Å². The van der Waals surface area contributed by atoms with Crippen LogP contribution in [0.3, 0.4) is 0 Å². The maximum atomic E-state index is 11.5. The van der Waals surface area contributed by atoms with E-state index in [0.29, 0.717) is 5.71 Å². The summed E-state index contributed by atoms with van der Waals surface area (Å²) in [6.45, 7) is 3.04. The van der Waals surface area contributed by atoms with Crippen molar-refractivity contribution >= 4 is 5.71 Å². The third-order valence-corrected chi connectivity index (χ3v) is 0.637. The first kappa shape index (κ1) is 7.34. The molecule has 0 atom stereocenters. The third-order valence-electron chi connectivity index (χ3n) is 0.637. The monoisotopic (exact) mass is 115 g/mol. The van der Waals surface area contributed by atoms with Crippen molar-refractivity contribution in [2.75, 3.05) is 6.67 Å². The minimum atomic E-state index is -0.454. The maximum Gasteiger partial charge on any atom is 0.127 e. The van der Waals surface area contributed by atoms with Gasteiger partial charge in [-0.05, 0) is 13.8 Å². The van der Waals surface area contributed by atoms with Crippen LogP contribution in [0.5, 0.6) is 0 Å². The largest absolute Gasteiger partial charge is 0.264 e. The SMILES string of the molecule is C/C=C\N=C(C)CF. The first-order chi connectivity index (χ1) is 3.81. The lowest BCUT2D eigenvalue weighted by molar-refractivity contribution is 0.580. The highest BCUT2D eigenvalue weighted by molar-refractivity contribution is 5.83. The first-order valence-electron chi connectivity index (χ1n) is 2.51. The fourth-order valence-corrected chi connectivity index (χ4v) is 0.236. The van der Waals surface area contributed by atoms with Gasteiger partial charge in [-0.1, -0.05) is 6.08 Å². The van der Waals surface area contributed by atoms with E-state index in [1.165, 1.54) is 0 Å². The molecule has 0 amide bonds. The van der Waals surface area contributed by atoms with Gasteiger partial charge in [0.1, 0.15) is 6.67 Å². The van der Waals surface area contributed by atoms with Gasteiger partial charge in [-0.25, -0.2) is 4.39 Å². The van der Waals surface area contributed by atoms with Crippen molar-refractivity contribution in [3.8, 4) is 0 Å². The van der Waals surface area contributed by atoms with E-state index in [2.05, 4.69) is 4.99 Å². The van der Waals surface area contributed by atoms with Crippen LogP contribution in [-0.2, 0) is 0 Å². The molecule has 0 aliphatic rings. The number of nitrogens with zero attached hydrogens (tertiary/aromatic N) is 1. The average Bonchev–Trinajstić information content (AvgIpc) is 1.83. The highest BCUT2D eigenvalue weighted by Gasteiger charge is 1.81. The second kappa shape index (κ2) is 4.50. The molecule has 46 valence electrons. The van der Waals surface area contributed by atoms with Gasteiger partial charge in [-0.2, -0.15) is 0 Å². The van der Waals surface area contributed by atoms with Crippen LogP contribution >= 0.6 is 0 Å². The van der Waals surface area contributed by atoms with Crippen LogP contribution in [0.15, 0.2) is 17.3 Å². The smallest absolute Gasteiger partial charge is 0.127 e. The molecule has 0 aromatic rings. The standard InChI is InChI=1S/C6H10FN/c1-3-4-8-6(2)5-7/h3-4H,5H2,1-2H3/b4-3-,8-6?. The molecule has 2 heteroatoms. The van der Waals surface area contributed by atoms with E-state index in [1.807, 2.05) is 6.92 Å². The summed E-state index contributed by atoms with van der Waals surface area (Å²) in [5, 5.41) is 0. The number of aliphatic imine (C=N–C) groups is 1. The van der Waals surface area contributed by atoms with Gasteiger partial charge in [0, 0.05) is 11.9 Å². The lowest BCUT2D eigenvalue weighted by Gasteiger charge is -1.83. The number of alkyl halides is 1. The van der Waals surface area contributed by atoms with E-state index >= 15 is 0 Å². The molecule has 0 saturated carbocycles. The Labute approximate surface area is 48.9 Å². The zero-order valence-corrected chi connectivity index (χ0v) is 5.19. The summed E-state index contributed by atoms with van der Waals surface area (Å²) in [5.74, 6) is 0. The summed E-state index contributed by atoms with van der Waals surface area (Å²) in [6.07, 6.45) is 3.34. The molecule has 0 heterocycles. The minimum absolute atomic E-state index is 0.454. The topological polar surface area (TPSA) is 12.4 Å². The van der Waals surface area contributed by atoms with Gasteiger partial charge in [0.2, 0.25) is 0 Å². The number of rotatable bonds is 2. The van der Waals surface area contributed by atoms with Crippen LogP contribution in [-0.4, -0.2) is 12.4 Å². The molecule has 8 heavy (non-hydrogen) atoms. The zero-order chi connectivity index (χ0) is 6.41. The van der Waals surface area contributed by atoms with E-state index in [4.69, 9.17) is 0 Å². The minimum Gasteiger partial charge on any atom is -0.264 e. The van der Waals surface area contributed by atoms with Crippen LogP contribution in [0.1, 0.15) is 13.8 Å². The number of allylic oxidation sites excluding steroid dienone is 1. The van der Waals surface area contributed by atoms with Gasteiger partial charge in [-0.15, -0.1) is 0 Å². The Morgan fingerprint density at radius 1 is 1.75 bits per heavy atom. The summed E-state index contributed by atoms with van der Waals surface area (Å²) in [4.78, 5) is 3.72. The molecule has 0 spiro atoms. The second-order valence-electron chi connectivity index (χ2n) is 1.48. The van der Waals surface area contributed by atoms with Crippen LogP contribution in [0, 0.1) is 0 Å². The Kier molecular flexibility index (Phi) is 4.13. The predicted octanol–water partition coefficient (Wildman–Crippen LogP) is 1.95. The molecule has 0 N–H and O–H groups in total. The predicted molar refractivity (Wildman–Crippen MR) is 33.9 cm³/mol. The second-order valence-corrected chi connectivity index (χ2v) is 1.48. The average molecular weight is 115 g/mol. The van der Waals surface area contributed by atoms with E-state index in [-0.39, 0.29) is 0 Å². The molecule has 0 fully saturated rings. The van der Waals surface area contributed by atoms with Gasteiger partial charge in [-0.3, -0.25) is 4.99 Å². The first-order valence-corrected chi connectivity index (χ1v) is 2.51. The lowest BCUT2D eigenvalue weighted by atomic mass is 10.5. The normalized spacial score (nSPS) is 13.1. The molecule has 0 aromatic carbocycles. The Morgan fingerprint density at radius 2 is 2.38 bits per heavy atom. The van der Waals surface area contributed by atoms with Crippen LogP contribution in [0.4, 0.5) is 4.39 Å². The fourth-order valence-electron chi connectivity index (χ4n) is 0.236. The highest BCUT2D eigenvalue weighted by Crippen LogP contribution is 1.80. The summed E-state index contributed by atoms with van der Waals surface area (Å²) >= 11 is 0. The summed E-state index contributed by atoms with van der Waals surface area (Å²) < 4.78 is 11.5. The molecule has 0 aliphatic carbocycles. The fraction of sp³-hybridized carbons (Fsp3) is 0.500. The van der Waals surface area contributed by atoms with Crippen molar-refractivity contribution in [1.82, 2.24) is 0 Å². The summed E-state index contributed by atoms with van der Waals surface area (Å²) in [6, 6.07) is 0. The number of halogens is 1. The van der Waals surface area contributed by atoms with Gasteiger partial charge < -0.3 is 0 Å². The third kappa shape index (κ3) is 3.53. The summed E-state index contributed by atoms with van der Waals surface area (Å²) in [5.41, 5.74) is 0.517. The molecule has 0 radical (unpaired) electrons. The van der Waals surface area contributed by atoms with Crippen molar-refractivity contribution < 1.29 is 4.39 Å². The van der Waals surface area contributed by atoms with Crippen LogP contribution in [0.2, 0.25) is 0 Å². The molecule has 1 nitrogen and oxygen atoms in total.